The van der Waals surface area contributed by atoms with Gasteiger partial charge in [-0.1, -0.05) is 17.7 Å². The molecule has 0 amide bonds. The maximum absolute atomic E-state index is 5.67. The average molecular weight is 241 g/mol. The number of nitrogens with two attached hydrogens (primary N) is 1. The highest BCUT2D eigenvalue weighted by atomic mass is 32.2. The van der Waals surface area contributed by atoms with Gasteiger partial charge >= 0.3 is 0 Å². The second-order valence-electron chi connectivity index (χ2n) is 3.71. The van der Waals surface area contributed by atoms with E-state index in [-0.39, 0.29) is 0 Å². The van der Waals surface area contributed by atoms with Crippen LogP contribution in [0, 0.1) is 6.92 Å². The third-order valence-corrected chi connectivity index (χ3v) is 4.42. The van der Waals surface area contributed by atoms with Crippen molar-refractivity contribution in [1.29, 1.82) is 0 Å². The molecule has 1 aromatic carbocycles. The van der Waals surface area contributed by atoms with Crippen molar-refractivity contribution >= 4 is 23.5 Å². The van der Waals surface area contributed by atoms with Gasteiger partial charge in [-0.3, -0.25) is 0 Å². The minimum atomic E-state index is 0.319. The molecule has 1 aromatic rings. The van der Waals surface area contributed by atoms with Crippen LogP contribution in [-0.2, 0) is 0 Å². The fourth-order valence-electron chi connectivity index (χ4n) is 1.12. The Morgan fingerprint density at radius 1 is 1.20 bits per heavy atom. The molecule has 1 unspecified atom stereocenters. The molecule has 0 aliphatic rings. The number of rotatable bonds is 6. The van der Waals surface area contributed by atoms with Crippen LogP contribution in [0.4, 0.5) is 0 Å². The van der Waals surface area contributed by atoms with E-state index in [0.717, 1.165) is 5.75 Å². The number of hydrogen-bond donors (Lipinski definition) is 1. The molecule has 15 heavy (non-hydrogen) atoms. The Hall–Kier alpha value is -0.120. The van der Waals surface area contributed by atoms with Crippen LogP contribution in [0.1, 0.15) is 12.5 Å². The average Bonchev–Trinajstić information content (AvgIpc) is 2.20. The SMILES string of the molecule is Cc1ccc(SCCSCC(C)N)cc1. The molecule has 2 N–H and O–H groups in total. The Bertz CT molecular complexity index is 269. The first-order valence-corrected chi connectivity index (χ1v) is 7.35. The molecule has 0 saturated carbocycles. The van der Waals surface area contributed by atoms with Gasteiger partial charge in [0.2, 0.25) is 0 Å². The molecule has 0 fully saturated rings. The van der Waals surface area contributed by atoms with Gasteiger partial charge < -0.3 is 5.73 Å². The molecule has 0 saturated heterocycles. The highest BCUT2D eigenvalue weighted by Crippen LogP contribution is 2.19. The van der Waals surface area contributed by atoms with Crippen molar-refractivity contribution in [3.8, 4) is 0 Å². The summed E-state index contributed by atoms with van der Waals surface area (Å²) in [6.07, 6.45) is 0. The third kappa shape index (κ3) is 6.13. The highest BCUT2D eigenvalue weighted by molar-refractivity contribution is 8.03. The Kier molecular flexibility index (Phi) is 6.22. The van der Waals surface area contributed by atoms with Gasteiger partial charge in [0.15, 0.2) is 0 Å². The predicted molar refractivity (Wildman–Crippen MR) is 72.9 cm³/mol. The smallest absolute Gasteiger partial charge is 0.0101 e. The summed E-state index contributed by atoms with van der Waals surface area (Å²) in [4.78, 5) is 1.36. The molecular weight excluding hydrogens is 222 g/mol. The van der Waals surface area contributed by atoms with Crippen LogP contribution < -0.4 is 5.73 Å². The third-order valence-electron chi connectivity index (χ3n) is 1.90. The van der Waals surface area contributed by atoms with Crippen LogP contribution in [0.15, 0.2) is 29.2 Å². The van der Waals surface area contributed by atoms with Crippen molar-refractivity contribution in [2.24, 2.45) is 5.73 Å². The fraction of sp³-hybridized carbons (Fsp3) is 0.500. The Labute approximate surface area is 101 Å². The number of aryl methyl sites for hydroxylation is 1. The molecule has 0 aromatic heterocycles. The van der Waals surface area contributed by atoms with Crippen LogP contribution in [0.25, 0.3) is 0 Å². The van der Waals surface area contributed by atoms with E-state index in [1.807, 2.05) is 23.5 Å². The highest BCUT2D eigenvalue weighted by Gasteiger charge is 1.96. The maximum atomic E-state index is 5.67. The van der Waals surface area contributed by atoms with Gasteiger partial charge in [0.1, 0.15) is 0 Å². The summed E-state index contributed by atoms with van der Waals surface area (Å²) in [7, 11) is 0. The molecule has 0 heterocycles. The second kappa shape index (κ2) is 7.20. The van der Waals surface area contributed by atoms with Gasteiger partial charge in [0.05, 0.1) is 0 Å². The number of hydrogen-bond acceptors (Lipinski definition) is 3. The Morgan fingerprint density at radius 3 is 2.47 bits per heavy atom. The summed E-state index contributed by atoms with van der Waals surface area (Å²) in [5.41, 5.74) is 7.00. The van der Waals surface area contributed by atoms with Crippen molar-refractivity contribution in [3.63, 3.8) is 0 Å². The predicted octanol–water partition coefficient (Wildman–Crippen LogP) is 3.17. The van der Waals surface area contributed by atoms with Crippen LogP contribution in [-0.4, -0.2) is 23.3 Å². The lowest BCUT2D eigenvalue weighted by Crippen LogP contribution is -2.17. The Balaban J connectivity index is 2.12. The lowest BCUT2D eigenvalue weighted by Gasteiger charge is -2.04. The van der Waals surface area contributed by atoms with Crippen molar-refractivity contribution in [1.82, 2.24) is 0 Å². The van der Waals surface area contributed by atoms with E-state index in [1.54, 1.807) is 0 Å². The first-order valence-electron chi connectivity index (χ1n) is 5.21. The minimum Gasteiger partial charge on any atom is -0.327 e. The zero-order valence-electron chi connectivity index (χ0n) is 9.40. The normalized spacial score (nSPS) is 12.7. The molecule has 1 atom stereocenters. The van der Waals surface area contributed by atoms with E-state index in [2.05, 4.69) is 38.1 Å². The fourth-order valence-corrected chi connectivity index (χ4v) is 3.03. The molecule has 0 aliphatic carbocycles. The zero-order valence-corrected chi connectivity index (χ0v) is 11.0. The summed E-state index contributed by atoms with van der Waals surface area (Å²) >= 11 is 3.86. The van der Waals surface area contributed by atoms with Crippen LogP contribution in [0.5, 0.6) is 0 Å². The van der Waals surface area contributed by atoms with Crippen LogP contribution >= 0.6 is 23.5 Å². The molecule has 0 aliphatic heterocycles. The van der Waals surface area contributed by atoms with Gasteiger partial charge in [-0.05, 0) is 26.0 Å². The topological polar surface area (TPSA) is 26.0 Å². The number of thioether (sulfide) groups is 2. The number of benzene rings is 1. The first-order chi connectivity index (χ1) is 7.18. The van der Waals surface area contributed by atoms with Gasteiger partial charge in [-0.25, -0.2) is 0 Å². The molecule has 84 valence electrons. The van der Waals surface area contributed by atoms with E-state index in [9.17, 15) is 0 Å². The molecule has 1 rings (SSSR count). The first kappa shape index (κ1) is 12.9. The van der Waals surface area contributed by atoms with Crippen LogP contribution in [0.2, 0.25) is 0 Å². The van der Waals surface area contributed by atoms with Crippen LogP contribution in [0.3, 0.4) is 0 Å². The zero-order chi connectivity index (χ0) is 11.1. The molecule has 0 spiro atoms. The van der Waals surface area contributed by atoms with Gasteiger partial charge in [-0.15, -0.1) is 11.8 Å². The van der Waals surface area contributed by atoms with Gasteiger partial charge in [-0.2, -0.15) is 11.8 Å². The van der Waals surface area contributed by atoms with Crippen molar-refractivity contribution in [3.05, 3.63) is 29.8 Å². The quantitative estimate of drug-likeness (QED) is 0.612. The van der Waals surface area contributed by atoms with E-state index in [4.69, 9.17) is 5.73 Å². The maximum Gasteiger partial charge on any atom is 0.0101 e. The van der Waals surface area contributed by atoms with E-state index < -0.39 is 0 Å². The minimum absolute atomic E-state index is 0.319. The van der Waals surface area contributed by atoms with Gasteiger partial charge in [0, 0.05) is 28.2 Å². The van der Waals surface area contributed by atoms with Crippen molar-refractivity contribution in [2.45, 2.75) is 24.8 Å². The Morgan fingerprint density at radius 2 is 1.87 bits per heavy atom. The largest absolute Gasteiger partial charge is 0.327 e. The van der Waals surface area contributed by atoms with E-state index in [1.165, 1.54) is 22.0 Å². The summed E-state index contributed by atoms with van der Waals surface area (Å²) in [5, 5.41) is 0. The molecule has 3 heteroatoms. The second-order valence-corrected chi connectivity index (χ2v) is 6.03. The van der Waals surface area contributed by atoms with Crippen molar-refractivity contribution < 1.29 is 0 Å². The molecule has 1 nitrogen and oxygen atoms in total. The molecular formula is C12H19NS2. The standard InChI is InChI=1S/C12H19NS2/c1-10-3-5-12(6-4-10)15-8-7-14-9-11(2)13/h3-6,11H,7-9,13H2,1-2H3. The van der Waals surface area contributed by atoms with Gasteiger partial charge in [0.25, 0.3) is 0 Å². The monoisotopic (exact) mass is 241 g/mol. The van der Waals surface area contributed by atoms with E-state index in [0.29, 0.717) is 6.04 Å². The summed E-state index contributed by atoms with van der Waals surface area (Å²) < 4.78 is 0. The summed E-state index contributed by atoms with van der Waals surface area (Å²) in [6.45, 7) is 4.17. The summed E-state index contributed by atoms with van der Waals surface area (Å²) in [6, 6.07) is 9.03. The lowest BCUT2D eigenvalue weighted by atomic mass is 10.2. The van der Waals surface area contributed by atoms with E-state index >= 15 is 0 Å². The van der Waals surface area contributed by atoms with Crippen molar-refractivity contribution in [2.75, 3.05) is 17.3 Å². The molecule has 0 bridgehead atoms. The summed E-state index contributed by atoms with van der Waals surface area (Å²) in [5.74, 6) is 3.41. The lowest BCUT2D eigenvalue weighted by molar-refractivity contribution is 0.847. The molecule has 0 radical (unpaired) electrons.